The molecule has 6 N–H and O–H groups in total. The molecule has 9 heteroatoms. The van der Waals surface area contributed by atoms with Gasteiger partial charge >= 0.3 is 0 Å². The van der Waals surface area contributed by atoms with Crippen LogP contribution in [0.15, 0.2) is 24.3 Å². The molecule has 23 heavy (non-hydrogen) atoms. The van der Waals surface area contributed by atoms with Gasteiger partial charge in [0.05, 0.1) is 6.61 Å². The second-order valence-electron chi connectivity index (χ2n) is 5.04. The van der Waals surface area contributed by atoms with E-state index in [4.69, 9.17) is 25.1 Å². The third kappa shape index (κ3) is 4.30. The molecule has 5 unspecified atom stereocenters. The molecular formula is C14H19NO8. The Hall–Kier alpha value is -1.91. The van der Waals surface area contributed by atoms with Crippen molar-refractivity contribution >= 4 is 5.91 Å². The van der Waals surface area contributed by atoms with E-state index in [1.807, 2.05) is 0 Å². The summed E-state index contributed by atoms with van der Waals surface area (Å²) in [4.78, 5) is 10.6. The number of carbonyl (C=O) groups is 1. The van der Waals surface area contributed by atoms with E-state index in [1.54, 1.807) is 0 Å². The summed E-state index contributed by atoms with van der Waals surface area (Å²) in [6.45, 7) is -0.794. The first kappa shape index (κ1) is 17.4. The molecule has 1 heterocycles. The molecule has 1 aromatic rings. The minimum absolute atomic E-state index is 0.257. The van der Waals surface area contributed by atoms with Crippen LogP contribution in [-0.4, -0.2) is 70.3 Å². The second kappa shape index (κ2) is 7.57. The lowest BCUT2D eigenvalue weighted by molar-refractivity contribution is -0.277. The van der Waals surface area contributed by atoms with E-state index in [0.29, 0.717) is 11.5 Å². The van der Waals surface area contributed by atoms with Crippen LogP contribution in [-0.2, 0) is 9.53 Å². The highest BCUT2D eigenvalue weighted by Gasteiger charge is 2.44. The normalized spacial score (nSPS) is 30.7. The maximum Gasteiger partial charge on any atom is 0.255 e. The van der Waals surface area contributed by atoms with Gasteiger partial charge in [0.15, 0.2) is 6.61 Å². The minimum atomic E-state index is -1.51. The zero-order chi connectivity index (χ0) is 17.0. The molecule has 2 rings (SSSR count). The van der Waals surface area contributed by atoms with Gasteiger partial charge in [-0.15, -0.1) is 0 Å². The molecule has 0 aromatic heterocycles. The molecule has 1 aliphatic heterocycles. The maximum absolute atomic E-state index is 10.6. The van der Waals surface area contributed by atoms with Crippen LogP contribution in [0.4, 0.5) is 0 Å². The van der Waals surface area contributed by atoms with Crippen molar-refractivity contribution in [3.8, 4) is 11.5 Å². The Labute approximate surface area is 131 Å². The Morgan fingerprint density at radius 1 is 1.09 bits per heavy atom. The van der Waals surface area contributed by atoms with Crippen molar-refractivity contribution in [1.82, 2.24) is 0 Å². The summed E-state index contributed by atoms with van der Waals surface area (Å²) in [6, 6.07) is 6.03. The van der Waals surface area contributed by atoms with Crippen LogP contribution in [0.2, 0.25) is 0 Å². The molecule has 1 fully saturated rings. The number of aliphatic hydroxyl groups excluding tert-OH is 4. The maximum atomic E-state index is 10.6. The monoisotopic (exact) mass is 329 g/mol. The molecule has 0 aliphatic carbocycles. The molecule has 0 spiro atoms. The van der Waals surface area contributed by atoms with Crippen LogP contribution in [0, 0.1) is 0 Å². The average Bonchev–Trinajstić information content (AvgIpc) is 2.54. The lowest BCUT2D eigenvalue weighted by Gasteiger charge is -2.39. The summed E-state index contributed by atoms with van der Waals surface area (Å²) >= 11 is 0. The molecule has 5 atom stereocenters. The Morgan fingerprint density at radius 2 is 1.70 bits per heavy atom. The number of benzene rings is 1. The van der Waals surface area contributed by atoms with E-state index in [1.165, 1.54) is 24.3 Å². The number of carbonyl (C=O) groups excluding carboxylic acids is 1. The Morgan fingerprint density at radius 3 is 2.26 bits per heavy atom. The second-order valence-corrected chi connectivity index (χ2v) is 5.04. The standard InChI is InChI=1S/C14H19NO8/c15-10(17)6-21-7-1-3-8(4-2-7)22-14-13(20)12(19)11(18)9(5-16)23-14/h1-4,9,11-14,16,18-20H,5-6H2,(H2,15,17). The number of hydrogen-bond donors (Lipinski definition) is 5. The molecule has 0 bridgehead atoms. The molecule has 128 valence electrons. The average molecular weight is 329 g/mol. The SMILES string of the molecule is NC(=O)COc1ccc(OC2OC(CO)C(O)C(O)C2O)cc1. The number of primary amides is 1. The first-order valence-corrected chi connectivity index (χ1v) is 6.90. The third-order valence-electron chi connectivity index (χ3n) is 3.31. The van der Waals surface area contributed by atoms with Crippen LogP contribution < -0.4 is 15.2 Å². The van der Waals surface area contributed by atoms with E-state index in [0.717, 1.165) is 0 Å². The number of aliphatic hydroxyl groups is 4. The Kier molecular flexibility index (Phi) is 5.74. The molecule has 1 saturated heterocycles. The zero-order valence-corrected chi connectivity index (χ0v) is 12.1. The first-order chi connectivity index (χ1) is 10.9. The fraction of sp³-hybridized carbons (Fsp3) is 0.500. The van der Waals surface area contributed by atoms with Gasteiger partial charge in [-0.05, 0) is 24.3 Å². The summed E-state index contributed by atoms with van der Waals surface area (Å²) in [5, 5.41) is 38.3. The third-order valence-corrected chi connectivity index (χ3v) is 3.31. The molecule has 1 aromatic carbocycles. The van der Waals surface area contributed by atoms with Gasteiger partial charge in [0.25, 0.3) is 5.91 Å². The molecule has 0 saturated carbocycles. The molecule has 1 amide bonds. The van der Waals surface area contributed by atoms with E-state index in [9.17, 15) is 20.1 Å². The van der Waals surface area contributed by atoms with Crippen LogP contribution >= 0.6 is 0 Å². The van der Waals surface area contributed by atoms with Crippen LogP contribution in [0.25, 0.3) is 0 Å². The van der Waals surface area contributed by atoms with Crippen molar-refractivity contribution in [2.75, 3.05) is 13.2 Å². The van der Waals surface area contributed by atoms with Crippen LogP contribution in [0.5, 0.6) is 11.5 Å². The van der Waals surface area contributed by atoms with E-state index >= 15 is 0 Å². The fourth-order valence-electron chi connectivity index (χ4n) is 2.07. The number of amides is 1. The summed E-state index contributed by atoms with van der Waals surface area (Å²) in [7, 11) is 0. The highest BCUT2D eigenvalue weighted by Crippen LogP contribution is 2.25. The highest BCUT2D eigenvalue weighted by atomic mass is 16.7. The van der Waals surface area contributed by atoms with Gasteiger partial charge in [-0.25, -0.2) is 0 Å². The van der Waals surface area contributed by atoms with E-state index < -0.39 is 43.2 Å². The molecule has 1 aliphatic rings. The Balaban J connectivity index is 1.99. The smallest absolute Gasteiger partial charge is 0.255 e. The van der Waals surface area contributed by atoms with Crippen molar-refractivity contribution in [1.29, 1.82) is 0 Å². The van der Waals surface area contributed by atoms with E-state index in [-0.39, 0.29) is 6.61 Å². The van der Waals surface area contributed by atoms with Crippen molar-refractivity contribution in [3.05, 3.63) is 24.3 Å². The molecular weight excluding hydrogens is 310 g/mol. The minimum Gasteiger partial charge on any atom is -0.484 e. The summed E-state index contributed by atoms with van der Waals surface area (Å²) in [6.07, 6.45) is -6.75. The van der Waals surface area contributed by atoms with Crippen LogP contribution in [0.3, 0.4) is 0 Å². The fourth-order valence-corrected chi connectivity index (χ4v) is 2.07. The van der Waals surface area contributed by atoms with Gasteiger partial charge in [-0.1, -0.05) is 0 Å². The molecule has 9 nitrogen and oxygen atoms in total. The topological polar surface area (TPSA) is 152 Å². The van der Waals surface area contributed by atoms with Gasteiger partial charge in [0.2, 0.25) is 6.29 Å². The predicted molar refractivity (Wildman–Crippen MR) is 75.5 cm³/mol. The number of ether oxygens (including phenoxy) is 3. The Bertz CT molecular complexity index is 520. The van der Waals surface area contributed by atoms with Crippen molar-refractivity contribution < 1.29 is 39.4 Å². The lowest BCUT2D eigenvalue weighted by Crippen LogP contribution is -2.60. The first-order valence-electron chi connectivity index (χ1n) is 6.90. The van der Waals surface area contributed by atoms with Gasteiger partial charge in [-0.3, -0.25) is 4.79 Å². The van der Waals surface area contributed by atoms with Crippen molar-refractivity contribution in [2.24, 2.45) is 5.73 Å². The number of rotatable bonds is 6. The number of hydrogen-bond acceptors (Lipinski definition) is 8. The summed E-state index contributed by atoms with van der Waals surface area (Å²) in [5.74, 6) is 0.0809. The van der Waals surface area contributed by atoms with Gasteiger partial charge < -0.3 is 40.4 Å². The highest BCUT2D eigenvalue weighted by molar-refractivity contribution is 5.75. The summed E-state index contributed by atoms with van der Waals surface area (Å²) < 4.78 is 15.7. The lowest BCUT2D eigenvalue weighted by atomic mass is 9.99. The van der Waals surface area contributed by atoms with Gasteiger partial charge in [0, 0.05) is 0 Å². The van der Waals surface area contributed by atoms with Gasteiger partial charge in [-0.2, -0.15) is 0 Å². The van der Waals surface area contributed by atoms with Gasteiger partial charge in [0.1, 0.15) is 35.9 Å². The van der Waals surface area contributed by atoms with Crippen LogP contribution in [0.1, 0.15) is 0 Å². The zero-order valence-electron chi connectivity index (χ0n) is 12.1. The number of nitrogens with two attached hydrogens (primary N) is 1. The van der Waals surface area contributed by atoms with Crippen molar-refractivity contribution in [2.45, 2.75) is 30.7 Å². The van der Waals surface area contributed by atoms with Crippen molar-refractivity contribution in [3.63, 3.8) is 0 Å². The largest absolute Gasteiger partial charge is 0.484 e. The predicted octanol–water partition coefficient (Wildman–Crippen LogP) is -2.27. The molecule has 0 radical (unpaired) electrons. The summed E-state index contributed by atoms with van der Waals surface area (Å²) in [5.41, 5.74) is 4.96. The quantitative estimate of drug-likeness (QED) is 0.392. The van der Waals surface area contributed by atoms with E-state index in [2.05, 4.69) is 0 Å².